The number of hydrogen-bond acceptors (Lipinski definition) is 1. The fourth-order valence-electron chi connectivity index (χ4n) is 0.980. The molecular weight excluding hydrogens is 219 g/mol. The van der Waals surface area contributed by atoms with Gasteiger partial charge >= 0.3 is 6.18 Å². The third kappa shape index (κ3) is 3.12. The van der Waals surface area contributed by atoms with Gasteiger partial charge in [0.1, 0.15) is 0 Å². The molecule has 0 saturated heterocycles. The predicted molar refractivity (Wildman–Crippen MR) is 54.9 cm³/mol. The molecule has 0 atom stereocenters. The van der Waals surface area contributed by atoms with Gasteiger partial charge in [-0.1, -0.05) is 6.58 Å². The van der Waals surface area contributed by atoms with Crippen LogP contribution in [0.1, 0.15) is 12.5 Å². The number of rotatable bonds is 2. The Labute approximate surface area is 90.8 Å². The van der Waals surface area contributed by atoms with Gasteiger partial charge in [-0.05, 0) is 31.2 Å². The van der Waals surface area contributed by atoms with Crippen molar-refractivity contribution in [2.45, 2.75) is 13.1 Å². The summed E-state index contributed by atoms with van der Waals surface area (Å²) in [6.07, 6.45) is -4.36. The summed E-state index contributed by atoms with van der Waals surface area (Å²) in [4.78, 5) is 11.2. The Morgan fingerprint density at radius 3 is 2.12 bits per heavy atom. The molecule has 0 aliphatic carbocycles. The molecule has 0 aliphatic rings. The number of nitrogens with one attached hydrogen (secondary N) is 1. The zero-order valence-electron chi connectivity index (χ0n) is 8.56. The first-order valence-electron chi connectivity index (χ1n) is 4.45. The molecule has 1 amide bonds. The van der Waals surface area contributed by atoms with Crippen molar-refractivity contribution in [3.05, 3.63) is 42.0 Å². The summed E-state index contributed by atoms with van der Waals surface area (Å²) in [5.41, 5.74) is -0.151. The molecule has 1 aromatic carbocycles. The molecule has 2 nitrogen and oxygen atoms in total. The van der Waals surface area contributed by atoms with Gasteiger partial charge in [0.05, 0.1) is 5.56 Å². The Bertz CT molecular complexity index is 406. The zero-order chi connectivity index (χ0) is 12.3. The molecule has 86 valence electrons. The third-order valence-corrected chi connectivity index (χ3v) is 1.86. The highest BCUT2D eigenvalue weighted by molar-refractivity contribution is 6.02. The number of alkyl halides is 3. The van der Waals surface area contributed by atoms with Crippen LogP contribution < -0.4 is 5.32 Å². The van der Waals surface area contributed by atoms with E-state index < -0.39 is 17.6 Å². The maximum absolute atomic E-state index is 12.2. The zero-order valence-corrected chi connectivity index (χ0v) is 8.56. The molecular formula is C11H10F3NO. The van der Waals surface area contributed by atoms with Crippen LogP contribution >= 0.6 is 0 Å². The Morgan fingerprint density at radius 1 is 1.25 bits per heavy atom. The fraction of sp³-hybridized carbons (Fsp3) is 0.182. The molecule has 5 heteroatoms. The predicted octanol–water partition coefficient (Wildman–Crippen LogP) is 3.22. The normalized spacial score (nSPS) is 11.0. The number of amides is 1. The van der Waals surface area contributed by atoms with Gasteiger partial charge in [-0.2, -0.15) is 13.2 Å². The second-order valence-corrected chi connectivity index (χ2v) is 3.31. The largest absolute Gasteiger partial charge is 0.416 e. The van der Waals surface area contributed by atoms with E-state index in [-0.39, 0.29) is 0 Å². The molecule has 0 heterocycles. The second-order valence-electron chi connectivity index (χ2n) is 3.31. The van der Waals surface area contributed by atoms with Crippen molar-refractivity contribution in [3.8, 4) is 0 Å². The Hall–Kier alpha value is -1.78. The van der Waals surface area contributed by atoms with E-state index in [1.807, 2.05) is 0 Å². The average Bonchev–Trinajstić information content (AvgIpc) is 2.17. The summed E-state index contributed by atoms with van der Waals surface area (Å²) < 4.78 is 36.6. The van der Waals surface area contributed by atoms with Crippen LogP contribution in [0.3, 0.4) is 0 Å². The molecule has 16 heavy (non-hydrogen) atoms. The fourth-order valence-corrected chi connectivity index (χ4v) is 0.980. The van der Waals surface area contributed by atoms with E-state index in [0.717, 1.165) is 12.1 Å². The van der Waals surface area contributed by atoms with E-state index in [4.69, 9.17) is 0 Å². The number of carbonyl (C=O) groups excluding carboxylic acids is 1. The molecule has 1 N–H and O–H groups in total. The van der Waals surface area contributed by atoms with Crippen LogP contribution in [0, 0.1) is 0 Å². The molecule has 0 unspecified atom stereocenters. The van der Waals surface area contributed by atoms with Crippen molar-refractivity contribution in [2.24, 2.45) is 0 Å². The number of carbonyl (C=O) groups is 1. The first-order chi connectivity index (χ1) is 7.30. The first kappa shape index (κ1) is 12.3. The van der Waals surface area contributed by atoms with Gasteiger partial charge in [0.25, 0.3) is 5.91 Å². The molecule has 1 aromatic rings. The highest BCUT2D eigenvalue weighted by Crippen LogP contribution is 2.29. The average molecular weight is 229 g/mol. The van der Waals surface area contributed by atoms with Crippen LogP contribution in [0.5, 0.6) is 0 Å². The van der Waals surface area contributed by atoms with Crippen LogP contribution in [0.4, 0.5) is 18.9 Å². The Balaban J connectivity index is 2.80. The van der Waals surface area contributed by atoms with Gasteiger partial charge in [0, 0.05) is 11.3 Å². The van der Waals surface area contributed by atoms with Gasteiger partial charge in [-0.15, -0.1) is 0 Å². The van der Waals surface area contributed by atoms with E-state index in [1.54, 1.807) is 0 Å². The summed E-state index contributed by atoms with van der Waals surface area (Å²) >= 11 is 0. The van der Waals surface area contributed by atoms with Gasteiger partial charge in [0.15, 0.2) is 0 Å². The molecule has 0 saturated carbocycles. The molecule has 1 rings (SSSR count). The summed E-state index contributed by atoms with van der Waals surface area (Å²) in [6.45, 7) is 4.93. The number of benzene rings is 1. The molecule has 0 aromatic heterocycles. The van der Waals surface area contributed by atoms with Crippen LogP contribution in [0.2, 0.25) is 0 Å². The van der Waals surface area contributed by atoms with E-state index in [2.05, 4.69) is 11.9 Å². The number of halogens is 3. The lowest BCUT2D eigenvalue weighted by molar-refractivity contribution is -0.137. The van der Waals surface area contributed by atoms with Crippen molar-refractivity contribution < 1.29 is 18.0 Å². The Kier molecular flexibility index (Phi) is 3.37. The van der Waals surface area contributed by atoms with Crippen molar-refractivity contribution in [1.29, 1.82) is 0 Å². The summed E-state index contributed by atoms with van der Waals surface area (Å²) in [5.74, 6) is -0.417. The number of hydrogen-bond donors (Lipinski definition) is 1. The molecule has 0 spiro atoms. The standard InChI is InChI=1S/C11H10F3NO/c1-7(2)10(16)15-9-5-3-8(4-6-9)11(12,13)14/h3-6H,1H2,2H3,(H,15,16). The summed E-state index contributed by atoms with van der Waals surface area (Å²) in [6, 6.07) is 4.22. The van der Waals surface area contributed by atoms with E-state index in [9.17, 15) is 18.0 Å². The quantitative estimate of drug-likeness (QED) is 0.775. The van der Waals surface area contributed by atoms with Crippen molar-refractivity contribution >= 4 is 11.6 Å². The highest BCUT2D eigenvalue weighted by Gasteiger charge is 2.29. The van der Waals surface area contributed by atoms with Gasteiger partial charge in [-0.3, -0.25) is 4.79 Å². The first-order valence-corrected chi connectivity index (χ1v) is 4.45. The lowest BCUT2D eigenvalue weighted by Crippen LogP contribution is -2.12. The minimum Gasteiger partial charge on any atom is -0.322 e. The highest BCUT2D eigenvalue weighted by atomic mass is 19.4. The van der Waals surface area contributed by atoms with Crippen LogP contribution in [0.25, 0.3) is 0 Å². The third-order valence-electron chi connectivity index (χ3n) is 1.86. The maximum Gasteiger partial charge on any atom is 0.416 e. The van der Waals surface area contributed by atoms with Crippen LogP contribution in [-0.4, -0.2) is 5.91 Å². The summed E-state index contributed by atoms with van der Waals surface area (Å²) in [7, 11) is 0. The monoisotopic (exact) mass is 229 g/mol. The molecule has 0 radical (unpaired) electrons. The maximum atomic E-state index is 12.2. The van der Waals surface area contributed by atoms with Crippen LogP contribution in [0.15, 0.2) is 36.4 Å². The summed E-state index contributed by atoms with van der Waals surface area (Å²) in [5, 5.41) is 2.41. The van der Waals surface area contributed by atoms with E-state index in [1.165, 1.54) is 19.1 Å². The topological polar surface area (TPSA) is 29.1 Å². The van der Waals surface area contributed by atoms with Crippen molar-refractivity contribution in [2.75, 3.05) is 5.32 Å². The van der Waals surface area contributed by atoms with Crippen molar-refractivity contribution in [1.82, 2.24) is 0 Å². The number of anilines is 1. The van der Waals surface area contributed by atoms with Gasteiger partial charge < -0.3 is 5.32 Å². The molecule has 0 fully saturated rings. The lowest BCUT2D eigenvalue weighted by atomic mass is 10.2. The second kappa shape index (κ2) is 4.38. The van der Waals surface area contributed by atoms with Gasteiger partial charge in [0.2, 0.25) is 0 Å². The molecule has 0 aliphatic heterocycles. The van der Waals surface area contributed by atoms with Gasteiger partial charge in [-0.25, -0.2) is 0 Å². The van der Waals surface area contributed by atoms with E-state index in [0.29, 0.717) is 11.3 Å². The SMILES string of the molecule is C=C(C)C(=O)Nc1ccc(C(F)(F)F)cc1. The smallest absolute Gasteiger partial charge is 0.322 e. The van der Waals surface area contributed by atoms with E-state index >= 15 is 0 Å². The minimum atomic E-state index is -4.36. The van der Waals surface area contributed by atoms with Crippen molar-refractivity contribution in [3.63, 3.8) is 0 Å². The molecule has 0 bridgehead atoms. The Morgan fingerprint density at radius 2 is 1.75 bits per heavy atom. The van der Waals surface area contributed by atoms with Crippen LogP contribution in [-0.2, 0) is 11.0 Å². The lowest BCUT2D eigenvalue weighted by Gasteiger charge is -2.08. The minimum absolute atomic E-state index is 0.292.